The summed E-state index contributed by atoms with van der Waals surface area (Å²) in [4.78, 5) is 9.75. The molecular weight excluding hydrogens is 406 g/mol. The fraction of sp³-hybridized carbons (Fsp3) is 0.474. The molecule has 0 amide bonds. The molecule has 0 bridgehead atoms. The molecule has 0 saturated carbocycles. The summed E-state index contributed by atoms with van der Waals surface area (Å²) in [6, 6.07) is 5.10. The lowest BCUT2D eigenvalue weighted by Crippen LogP contribution is -2.51. The van der Waals surface area contributed by atoms with Crippen LogP contribution in [0.2, 0.25) is 0 Å². The van der Waals surface area contributed by atoms with Crippen LogP contribution >= 0.6 is 11.3 Å². The van der Waals surface area contributed by atoms with Gasteiger partial charge in [-0.05, 0) is 37.5 Å². The van der Waals surface area contributed by atoms with Crippen LogP contribution in [0.25, 0.3) is 0 Å². The van der Waals surface area contributed by atoms with Gasteiger partial charge in [-0.15, -0.1) is 11.3 Å². The van der Waals surface area contributed by atoms with E-state index in [0.717, 1.165) is 41.7 Å². The van der Waals surface area contributed by atoms with Crippen molar-refractivity contribution in [3.8, 4) is 0 Å². The van der Waals surface area contributed by atoms with Crippen LogP contribution < -0.4 is 15.5 Å². The van der Waals surface area contributed by atoms with Gasteiger partial charge in [0.2, 0.25) is 0 Å². The number of halogens is 4. The Morgan fingerprint density at radius 3 is 2.86 bits per heavy atom. The van der Waals surface area contributed by atoms with Crippen LogP contribution in [0.15, 0.2) is 28.6 Å². The molecule has 1 aliphatic heterocycles. The molecule has 1 saturated heterocycles. The molecule has 29 heavy (non-hydrogen) atoms. The van der Waals surface area contributed by atoms with Gasteiger partial charge in [0.05, 0.1) is 12.2 Å². The average Bonchev–Trinajstić information content (AvgIpc) is 3.17. The van der Waals surface area contributed by atoms with Crippen LogP contribution in [-0.2, 0) is 12.7 Å². The third-order valence-electron chi connectivity index (χ3n) is 4.68. The summed E-state index contributed by atoms with van der Waals surface area (Å²) in [5, 5.41) is 7.60. The first-order valence-corrected chi connectivity index (χ1v) is 10.1. The van der Waals surface area contributed by atoms with Gasteiger partial charge in [0.15, 0.2) is 11.7 Å². The summed E-state index contributed by atoms with van der Waals surface area (Å²) in [6.45, 7) is 3.45. The number of hydrogen-bond acceptors (Lipinski definition) is 4. The molecule has 0 aliphatic carbocycles. The topological polar surface area (TPSA) is 52.6 Å². The summed E-state index contributed by atoms with van der Waals surface area (Å²) in [5.74, 6) is 0.230. The van der Waals surface area contributed by atoms with Gasteiger partial charge >= 0.3 is 6.18 Å². The van der Waals surface area contributed by atoms with E-state index in [0.29, 0.717) is 23.2 Å². The molecule has 0 spiro atoms. The van der Waals surface area contributed by atoms with Crippen molar-refractivity contribution in [3.05, 3.63) is 45.7 Å². The summed E-state index contributed by atoms with van der Waals surface area (Å²) in [6.07, 6.45) is -2.66. The molecule has 10 heteroatoms. The van der Waals surface area contributed by atoms with Gasteiger partial charge in [-0.2, -0.15) is 13.2 Å². The van der Waals surface area contributed by atoms with Crippen molar-refractivity contribution >= 4 is 23.0 Å². The number of nitrogens with zero attached hydrogens (tertiary/aromatic N) is 3. The predicted molar refractivity (Wildman–Crippen MR) is 107 cm³/mol. The Hall–Kier alpha value is -2.36. The number of thiazole rings is 1. The lowest BCUT2D eigenvalue weighted by atomic mass is 10.0. The highest BCUT2D eigenvalue weighted by Crippen LogP contribution is 2.30. The van der Waals surface area contributed by atoms with Crippen LogP contribution in [0.4, 0.5) is 23.2 Å². The van der Waals surface area contributed by atoms with E-state index < -0.39 is 11.9 Å². The highest BCUT2D eigenvalue weighted by Gasteiger charge is 2.33. The summed E-state index contributed by atoms with van der Waals surface area (Å²) < 4.78 is 52.2. The maximum atomic E-state index is 14.2. The molecule has 1 unspecified atom stereocenters. The number of rotatable bonds is 4. The van der Waals surface area contributed by atoms with Crippen LogP contribution in [0.1, 0.15) is 29.1 Å². The van der Waals surface area contributed by atoms with Crippen molar-refractivity contribution in [2.45, 2.75) is 38.5 Å². The first kappa shape index (κ1) is 21.4. The van der Waals surface area contributed by atoms with E-state index in [1.165, 1.54) is 6.07 Å². The molecule has 3 rings (SSSR count). The quantitative estimate of drug-likeness (QED) is 0.439. The number of anilines is 1. The van der Waals surface area contributed by atoms with E-state index in [1.807, 2.05) is 17.9 Å². The fourth-order valence-corrected chi connectivity index (χ4v) is 3.99. The smallest absolute Gasteiger partial charge is 0.367 e. The van der Waals surface area contributed by atoms with Crippen molar-refractivity contribution < 1.29 is 17.6 Å². The van der Waals surface area contributed by atoms with E-state index in [1.54, 1.807) is 13.1 Å². The van der Waals surface area contributed by atoms with E-state index in [4.69, 9.17) is 0 Å². The SMILES string of the molecule is CN=C(NCc1nc(C(F)(F)F)cs1)NC1CCCN(c2cc(C)ccc2F)C1. The Balaban J connectivity index is 1.57. The number of piperidine rings is 1. The third kappa shape index (κ3) is 5.59. The third-order valence-corrected chi connectivity index (χ3v) is 5.53. The van der Waals surface area contributed by atoms with Crippen molar-refractivity contribution in [2.24, 2.45) is 4.99 Å². The standard InChI is InChI=1S/C19H23F4N5S/c1-12-5-6-14(20)15(8-12)28-7-3-4-13(10-28)26-18(24-2)25-9-17-27-16(11-29-17)19(21,22)23/h5-6,8,11,13H,3-4,7,9-10H2,1-2H3,(H2,24,25,26). The molecule has 1 aromatic carbocycles. The molecule has 158 valence electrons. The molecule has 1 atom stereocenters. The minimum absolute atomic E-state index is 0.0388. The van der Waals surface area contributed by atoms with Gasteiger partial charge in [-0.3, -0.25) is 4.99 Å². The number of aliphatic imine (C=N–C) groups is 1. The molecular formula is C19H23F4N5S. The Kier molecular flexibility index (Phi) is 6.61. The highest BCUT2D eigenvalue weighted by molar-refractivity contribution is 7.09. The molecule has 1 aromatic heterocycles. The second-order valence-corrected chi connectivity index (χ2v) is 7.88. The van der Waals surface area contributed by atoms with Crippen molar-refractivity contribution in [2.75, 3.05) is 25.0 Å². The molecule has 1 fully saturated rings. The van der Waals surface area contributed by atoms with Crippen LogP contribution in [0, 0.1) is 12.7 Å². The molecule has 2 aromatic rings. The largest absolute Gasteiger partial charge is 0.434 e. The lowest BCUT2D eigenvalue weighted by molar-refractivity contribution is -0.140. The zero-order chi connectivity index (χ0) is 21.0. The van der Waals surface area contributed by atoms with E-state index >= 15 is 0 Å². The van der Waals surface area contributed by atoms with Crippen LogP contribution in [-0.4, -0.2) is 37.1 Å². The number of hydrogen-bond donors (Lipinski definition) is 2. The number of nitrogens with one attached hydrogen (secondary N) is 2. The second-order valence-electron chi connectivity index (χ2n) is 6.93. The van der Waals surface area contributed by atoms with Crippen molar-refractivity contribution in [3.63, 3.8) is 0 Å². The molecule has 1 aliphatic rings. The second kappa shape index (κ2) is 8.98. The lowest BCUT2D eigenvalue weighted by Gasteiger charge is -2.35. The number of aromatic nitrogens is 1. The van der Waals surface area contributed by atoms with Gasteiger partial charge in [0.25, 0.3) is 0 Å². The Labute approximate surface area is 170 Å². The first-order chi connectivity index (χ1) is 13.8. The Morgan fingerprint density at radius 1 is 1.38 bits per heavy atom. The monoisotopic (exact) mass is 429 g/mol. The summed E-state index contributed by atoms with van der Waals surface area (Å²) >= 11 is 0.949. The van der Waals surface area contributed by atoms with Gasteiger partial charge in [0.1, 0.15) is 10.8 Å². The predicted octanol–water partition coefficient (Wildman–Crippen LogP) is 3.94. The minimum atomic E-state index is -4.44. The highest BCUT2D eigenvalue weighted by atomic mass is 32.1. The molecule has 5 nitrogen and oxygen atoms in total. The number of alkyl halides is 3. The maximum Gasteiger partial charge on any atom is 0.434 e. The molecule has 2 N–H and O–H groups in total. The van der Waals surface area contributed by atoms with Gasteiger partial charge in [0, 0.05) is 31.6 Å². The normalized spacial score (nSPS) is 18.1. The molecule has 0 radical (unpaired) electrons. The Bertz CT molecular complexity index is 865. The number of benzene rings is 1. The first-order valence-electron chi connectivity index (χ1n) is 9.26. The maximum absolute atomic E-state index is 14.2. The number of guanidine groups is 1. The zero-order valence-corrected chi connectivity index (χ0v) is 17.0. The van der Waals surface area contributed by atoms with Gasteiger partial charge in [-0.1, -0.05) is 6.07 Å². The average molecular weight is 429 g/mol. The molecule has 2 heterocycles. The van der Waals surface area contributed by atoms with Crippen molar-refractivity contribution in [1.82, 2.24) is 15.6 Å². The summed E-state index contributed by atoms with van der Waals surface area (Å²) in [5.41, 5.74) is 0.697. The van der Waals surface area contributed by atoms with E-state index in [2.05, 4.69) is 20.6 Å². The van der Waals surface area contributed by atoms with Gasteiger partial charge in [-0.25, -0.2) is 9.37 Å². The fourth-order valence-electron chi connectivity index (χ4n) is 3.25. The summed E-state index contributed by atoms with van der Waals surface area (Å²) in [7, 11) is 1.60. The number of aryl methyl sites for hydroxylation is 1. The van der Waals surface area contributed by atoms with Crippen LogP contribution in [0.5, 0.6) is 0 Å². The van der Waals surface area contributed by atoms with Crippen LogP contribution in [0.3, 0.4) is 0 Å². The minimum Gasteiger partial charge on any atom is -0.367 e. The van der Waals surface area contributed by atoms with E-state index in [9.17, 15) is 17.6 Å². The zero-order valence-electron chi connectivity index (χ0n) is 16.2. The van der Waals surface area contributed by atoms with Gasteiger partial charge < -0.3 is 15.5 Å². The van der Waals surface area contributed by atoms with Crippen molar-refractivity contribution in [1.29, 1.82) is 0 Å². The Morgan fingerprint density at radius 2 is 2.17 bits per heavy atom. The van der Waals surface area contributed by atoms with E-state index in [-0.39, 0.29) is 18.4 Å².